The summed E-state index contributed by atoms with van der Waals surface area (Å²) in [6, 6.07) is 13.5. The van der Waals surface area contributed by atoms with E-state index in [1.165, 1.54) is 4.70 Å². The summed E-state index contributed by atoms with van der Waals surface area (Å²) >= 11 is 1.70. The van der Waals surface area contributed by atoms with Crippen molar-refractivity contribution in [3.05, 3.63) is 69.2 Å². The first-order valence-electron chi connectivity index (χ1n) is 9.59. The third kappa shape index (κ3) is 4.51. The molecule has 2 heterocycles. The van der Waals surface area contributed by atoms with E-state index in [-0.39, 0.29) is 18.1 Å². The Labute approximate surface area is 171 Å². The lowest BCUT2D eigenvalue weighted by atomic mass is 10.1. The largest absolute Gasteiger partial charge is 0.458 e. The number of fused-ring (bicyclic) bond motifs is 2. The number of hydrogen-bond acceptors (Lipinski definition) is 6. The number of benzene rings is 2. The van der Waals surface area contributed by atoms with Crippen molar-refractivity contribution in [2.24, 2.45) is 0 Å². The number of para-hydroxylation sites is 2. The average molecular weight is 407 g/mol. The van der Waals surface area contributed by atoms with E-state index in [9.17, 15) is 9.59 Å². The maximum absolute atomic E-state index is 12.2. The Balaban J connectivity index is 1.26. The predicted octanol–water partition coefficient (Wildman–Crippen LogP) is 4.30. The topological polar surface area (TPSA) is 84.9 Å². The normalized spacial score (nSPS) is 11.2. The van der Waals surface area contributed by atoms with Gasteiger partial charge in [0.05, 0.1) is 26.1 Å². The molecule has 148 valence electrons. The van der Waals surface area contributed by atoms with Crippen LogP contribution in [0.4, 0.5) is 0 Å². The molecule has 0 bridgehead atoms. The molecule has 0 aliphatic carbocycles. The first-order valence-corrected chi connectivity index (χ1v) is 10.4. The van der Waals surface area contributed by atoms with E-state index in [0.29, 0.717) is 23.1 Å². The van der Waals surface area contributed by atoms with E-state index in [4.69, 9.17) is 4.74 Å². The SMILES string of the molecule is Cc1cccc2c(=O)[nH]c(COC(=O)CCCCc3nc4ccccc4s3)nc12. The molecular formula is C22H21N3O3S. The molecule has 0 spiro atoms. The zero-order valence-electron chi connectivity index (χ0n) is 16.1. The highest BCUT2D eigenvalue weighted by Gasteiger charge is 2.09. The van der Waals surface area contributed by atoms with Crippen LogP contribution in [0.25, 0.3) is 21.1 Å². The molecule has 2 aromatic heterocycles. The van der Waals surface area contributed by atoms with Crippen LogP contribution in [0.3, 0.4) is 0 Å². The molecule has 0 aliphatic heterocycles. The molecule has 0 fully saturated rings. The standard InChI is InChI=1S/C22H21N3O3S/c1-14-7-6-8-15-21(14)24-18(25-22(15)27)13-28-20(26)12-5-4-11-19-23-16-9-2-3-10-17(16)29-19/h2-3,6-10H,4-5,11-13H2,1H3,(H,24,25,27). The van der Waals surface area contributed by atoms with E-state index >= 15 is 0 Å². The minimum Gasteiger partial charge on any atom is -0.458 e. The van der Waals surface area contributed by atoms with Crippen molar-refractivity contribution >= 4 is 38.4 Å². The first-order chi connectivity index (χ1) is 14.1. The van der Waals surface area contributed by atoms with Crippen molar-refractivity contribution < 1.29 is 9.53 Å². The number of ether oxygens (including phenoxy) is 1. The van der Waals surface area contributed by atoms with E-state index in [2.05, 4.69) is 21.0 Å². The van der Waals surface area contributed by atoms with Crippen molar-refractivity contribution in [1.29, 1.82) is 0 Å². The first kappa shape index (κ1) is 19.3. The minimum atomic E-state index is -0.290. The Bertz CT molecular complexity index is 1200. The Morgan fingerprint density at radius 3 is 2.83 bits per heavy atom. The van der Waals surface area contributed by atoms with Crippen molar-refractivity contribution in [2.75, 3.05) is 0 Å². The molecular weight excluding hydrogens is 386 g/mol. The molecule has 6 nitrogen and oxygen atoms in total. The molecule has 29 heavy (non-hydrogen) atoms. The summed E-state index contributed by atoms with van der Waals surface area (Å²) in [6.07, 6.45) is 2.79. The summed E-state index contributed by atoms with van der Waals surface area (Å²) in [7, 11) is 0. The van der Waals surface area contributed by atoms with Gasteiger partial charge in [-0.15, -0.1) is 11.3 Å². The molecule has 4 rings (SSSR count). The summed E-state index contributed by atoms with van der Waals surface area (Å²) in [4.78, 5) is 35.9. The molecule has 2 aromatic carbocycles. The quantitative estimate of drug-likeness (QED) is 0.365. The predicted molar refractivity (Wildman–Crippen MR) is 114 cm³/mol. The minimum absolute atomic E-state index is 0.0315. The van der Waals surface area contributed by atoms with Crippen LogP contribution in [0.5, 0.6) is 0 Å². The lowest BCUT2D eigenvalue weighted by Gasteiger charge is -2.06. The number of rotatable bonds is 7. The smallest absolute Gasteiger partial charge is 0.306 e. The van der Waals surface area contributed by atoms with Gasteiger partial charge in [0.15, 0.2) is 0 Å². The van der Waals surface area contributed by atoms with Crippen LogP contribution >= 0.6 is 11.3 Å². The van der Waals surface area contributed by atoms with E-state index in [1.807, 2.05) is 37.3 Å². The number of thiazole rings is 1. The highest BCUT2D eigenvalue weighted by Crippen LogP contribution is 2.23. The van der Waals surface area contributed by atoms with Gasteiger partial charge in [-0.25, -0.2) is 9.97 Å². The summed E-state index contributed by atoms with van der Waals surface area (Å²) < 4.78 is 6.48. The second kappa shape index (κ2) is 8.53. The number of hydrogen-bond donors (Lipinski definition) is 1. The number of aryl methyl sites for hydroxylation is 2. The maximum Gasteiger partial charge on any atom is 0.306 e. The maximum atomic E-state index is 12.2. The molecule has 7 heteroatoms. The number of nitrogens with zero attached hydrogens (tertiary/aromatic N) is 2. The van der Waals surface area contributed by atoms with Crippen LogP contribution in [0.2, 0.25) is 0 Å². The highest BCUT2D eigenvalue weighted by atomic mass is 32.1. The third-order valence-corrected chi connectivity index (χ3v) is 5.81. The third-order valence-electron chi connectivity index (χ3n) is 4.72. The Morgan fingerprint density at radius 2 is 1.97 bits per heavy atom. The van der Waals surface area contributed by atoms with Crippen molar-refractivity contribution in [3.63, 3.8) is 0 Å². The van der Waals surface area contributed by atoms with Gasteiger partial charge in [-0.3, -0.25) is 9.59 Å². The van der Waals surface area contributed by atoms with Gasteiger partial charge in [-0.05, 0) is 49.9 Å². The van der Waals surface area contributed by atoms with Crippen LogP contribution in [-0.4, -0.2) is 20.9 Å². The number of unbranched alkanes of at least 4 members (excludes halogenated alkanes) is 1. The molecule has 0 saturated carbocycles. The molecule has 0 radical (unpaired) electrons. The summed E-state index contributed by atoms with van der Waals surface area (Å²) in [6.45, 7) is 1.87. The Kier molecular flexibility index (Phi) is 5.67. The summed E-state index contributed by atoms with van der Waals surface area (Å²) in [5, 5.41) is 1.63. The summed E-state index contributed by atoms with van der Waals surface area (Å²) in [5.74, 6) is 0.0708. The van der Waals surface area contributed by atoms with Crippen LogP contribution in [-0.2, 0) is 22.6 Å². The van der Waals surface area contributed by atoms with Gasteiger partial charge in [-0.2, -0.15) is 0 Å². The Morgan fingerprint density at radius 1 is 1.10 bits per heavy atom. The molecule has 0 atom stereocenters. The van der Waals surface area contributed by atoms with Crippen molar-refractivity contribution in [3.8, 4) is 0 Å². The van der Waals surface area contributed by atoms with Crippen LogP contribution in [0.15, 0.2) is 47.3 Å². The van der Waals surface area contributed by atoms with Crippen LogP contribution in [0, 0.1) is 6.92 Å². The molecule has 4 aromatic rings. The van der Waals surface area contributed by atoms with Gasteiger partial charge in [0.2, 0.25) is 0 Å². The number of aromatic nitrogens is 3. The fourth-order valence-electron chi connectivity index (χ4n) is 3.21. The zero-order valence-corrected chi connectivity index (χ0v) is 16.9. The lowest BCUT2D eigenvalue weighted by molar-refractivity contribution is -0.145. The number of H-pyrrole nitrogens is 1. The fraction of sp³-hybridized carbons (Fsp3) is 0.273. The number of carbonyl (C=O) groups excluding carboxylic acids is 1. The van der Waals surface area contributed by atoms with Gasteiger partial charge in [0, 0.05) is 6.42 Å². The van der Waals surface area contributed by atoms with Gasteiger partial charge < -0.3 is 9.72 Å². The van der Waals surface area contributed by atoms with E-state index in [0.717, 1.165) is 35.4 Å². The number of aromatic amines is 1. The second-order valence-electron chi connectivity index (χ2n) is 6.93. The molecule has 0 aliphatic rings. The van der Waals surface area contributed by atoms with Gasteiger partial charge >= 0.3 is 5.97 Å². The number of esters is 1. The van der Waals surface area contributed by atoms with Crippen molar-refractivity contribution in [2.45, 2.75) is 39.2 Å². The summed E-state index contributed by atoms with van der Waals surface area (Å²) in [5.41, 5.74) is 2.36. The average Bonchev–Trinajstić information content (AvgIpc) is 3.13. The van der Waals surface area contributed by atoms with Crippen LogP contribution in [0.1, 0.15) is 35.7 Å². The zero-order chi connectivity index (χ0) is 20.2. The molecule has 0 saturated heterocycles. The highest BCUT2D eigenvalue weighted by molar-refractivity contribution is 7.18. The molecule has 1 N–H and O–H groups in total. The van der Waals surface area contributed by atoms with E-state index < -0.39 is 0 Å². The second-order valence-corrected chi connectivity index (χ2v) is 8.04. The van der Waals surface area contributed by atoms with Gasteiger partial charge in [0.25, 0.3) is 5.56 Å². The molecule has 0 unspecified atom stereocenters. The van der Waals surface area contributed by atoms with Gasteiger partial charge in [-0.1, -0.05) is 24.3 Å². The number of nitrogens with one attached hydrogen (secondary N) is 1. The number of carbonyl (C=O) groups is 1. The fourth-order valence-corrected chi connectivity index (χ4v) is 4.22. The monoisotopic (exact) mass is 407 g/mol. The Hall–Kier alpha value is -3.06. The lowest BCUT2D eigenvalue weighted by Crippen LogP contribution is -2.15. The van der Waals surface area contributed by atoms with E-state index in [1.54, 1.807) is 17.4 Å². The van der Waals surface area contributed by atoms with Crippen molar-refractivity contribution in [1.82, 2.24) is 15.0 Å². The van der Waals surface area contributed by atoms with Crippen LogP contribution < -0.4 is 5.56 Å². The molecule has 0 amide bonds. The van der Waals surface area contributed by atoms with Gasteiger partial charge in [0.1, 0.15) is 12.4 Å².